The van der Waals surface area contributed by atoms with E-state index in [1.807, 2.05) is 10.3 Å². The molecule has 114 valence electrons. The fourth-order valence-corrected chi connectivity index (χ4v) is 4.59. The van der Waals surface area contributed by atoms with Gasteiger partial charge in [-0.15, -0.1) is 11.3 Å². The maximum Gasteiger partial charge on any atom is 0.306 e. The second-order valence-corrected chi connectivity index (χ2v) is 7.27. The molecule has 1 aliphatic heterocycles. The van der Waals surface area contributed by atoms with Crippen molar-refractivity contribution in [2.24, 2.45) is 11.8 Å². The molecular formula is C16H21NO3S. The fraction of sp³-hybridized carbons (Fsp3) is 0.625. The van der Waals surface area contributed by atoms with Crippen molar-refractivity contribution in [3.63, 3.8) is 0 Å². The Morgan fingerprint density at radius 3 is 2.67 bits per heavy atom. The number of thiophene rings is 1. The van der Waals surface area contributed by atoms with Crippen LogP contribution in [0.4, 0.5) is 0 Å². The van der Waals surface area contributed by atoms with Crippen molar-refractivity contribution in [2.75, 3.05) is 13.1 Å². The molecule has 1 amide bonds. The van der Waals surface area contributed by atoms with Crippen molar-refractivity contribution >= 4 is 23.2 Å². The zero-order chi connectivity index (χ0) is 15.0. The number of carboxylic acids is 1. The van der Waals surface area contributed by atoms with Gasteiger partial charge in [-0.2, -0.15) is 0 Å². The molecule has 1 saturated heterocycles. The molecule has 0 aromatic carbocycles. The molecule has 1 aliphatic carbocycles. The zero-order valence-corrected chi connectivity index (χ0v) is 13.1. The monoisotopic (exact) mass is 307 g/mol. The lowest BCUT2D eigenvalue weighted by Gasteiger charge is -2.30. The standard InChI is InChI=1S/C16H21NO3S/c1-10-2-3-12-13(9-21-14(12)8-10)15(18)17-6-4-11(5-7-17)16(19)20/h9-11H,2-8H2,1H3,(H,19,20). The Kier molecular flexibility index (Phi) is 4.02. The van der Waals surface area contributed by atoms with Crippen LogP contribution in [0.5, 0.6) is 0 Å². The van der Waals surface area contributed by atoms with Gasteiger partial charge in [0.2, 0.25) is 0 Å². The van der Waals surface area contributed by atoms with E-state index in [2.05, 4.69) is 6.92 Å². The Morgan fingerprint density at radius 1 is 1.29 bits per heavy atom. The normalized spacial score (nSPS) is 22.9. The first-order valence-corrected chi connectivity index (χ1v) is 8.55. The number of carboxylic acid groups (broad SMARTS) is 1. The average molecular weight is 307 g/mol. The summed E-state index contributed by atoms with van der Waals surface area (Å²) in [5.41, 5.74) is 2.12. The SMILES string of the molecule is CC1CCc2c(C(=O)N3CCC(C(=O)O)CC3)csc2C1. The van der Waals surface area contributed by atoms with Crippen molar-refractivity contribution < 1.29 is 14.7 Å². The fourth-order valence-electron chi connectivity index (χ4n) is 3.36. The quantitative estimate of drug-likeness (QED) is 0.914. The van der Waals surface area contributed by atoms with Gasteiger partial charge in [0.1, 0.15) is 0 Å². The molecule has 0 radical (unpaired) electrons. The van der Waals surface area contributed by atoms with Crippen molar-refractivity contribution in [2.45, 2.75) is 39.0 Å². The Labute approximate surface area is 128 Å². The van der Waals surface area contributed by atoms with E-state index in [9.17, 15) is 9.59 Å². The molecule has 3 rings (SSSR count). The number of fused-ring (bicyclic) bond motifs is 1. The van der Waals surface area contributed by atoms with Crippen LogP contribution in [0.25, 0.3) is 0 Å². The molecule has 1 N–H and O–H groups in total. The highest BCUT2D eigenvalue weighted by molar-refractivity contribution is 7.10. The first-order valence-electron chi connectivity index (χ1n) is 7.67. The minimum atomic E-state index is -0.732. The molecule has 4 nitrogen and oxygen atoms in total. The number of hydrogen-bond donors (Lipinski definition) is 1. The summed E-state index contributed by atoms with van der Waals surface area (Å²) in [6.07, 6.45) is 4.40. The molecule has 1 unspecified atom stereocenters. The van der Waals surface area contributed by atoms with Crippen LogP contribution in [0.3, 0.4) is 0 Å². The van der Waals surface area contributed by atoms with Gasteiger partial charge in [0.25, 0.3) is 5.91 Å². The number of amides is 1. The molecule has 1 aromatic rings. The number of carbonyl (C=O) groups is 2. The second-order valence-electron chi connectivity index (χ2n) is 6.30. The molecule has 2 heterocycles. The Hall–Kier alpha value is -1.36. The smallest absolute Gasteiger partial charge is 0.306 e. The topological polar surface area (TPSA) is 57.6 Å². The number of likely N-dealkylation sites (tertiary alicyclic amines) is 1. The maximum absolute atomic E-state index is 12.7. The van der Waals surface area contributed by atoms with Gasteiger partial charge in [-0.1, -0.05) is 6.92 Å². The van der Waals surface area contributed by atoms with Gasteiger partial charge >= 0.3 is 5.97 Å². The molecule has 0 saturated carbocycles. The Bertz CT molecular complexity index is 558. The lowest BCUT2D eigenvalue weighted by Crippen LogP contribution is -2.40. The lowest BCUT2D eigenvalue weighted by atomic mass is 9.88. The van der Waals surface area contributed by atoms with E-state index in [1.54, 1.807) is 11.3 Å². The highest BCUT2D eigenvalue weighted by Crippen LogP contribution is 2.34. The van der Waals surface area contributed by atoms with Crippen LogP contribution < -0.4 is 0 Å². The predicted octanol–water partition coefficient (Wildman–Crippen LogP) is 2.81. The number of hydrogen-bond acceptors (Lipinski definition) is 3. The van der Waals surface area contributed by atoms with Gasteiger partial charge in [-0.3, -0.25) is 9.59 Å². The lowest BCUT2D eigenvalue weighted by molar-refractivity contribution is -0.143. The summed E-state index contributed by atoms with van der Waals surface area (Å²) >= 11 is 1.71. The average Bonchev–Trinajstić information content (AvgIpc) is 2.89. The minimum absolute atomic E-state index is 0.103. The van der Waals surface area contributed by atoms with Crippen LogP contribution in [0, 0.1) is 11.8 Å². The zero-order valence-electron chi connectivity index (χ0n) is 12.3. The number of rotatable bonds is 2. The molecule has 1 fully saturated rings. The van der Waals surface area contributed by atoms with Crippen LogP contribution in [-0.2, 0) is 17.6 Å². The Balaban J connectivity index is 1.71. The van der Waals surface area contributed by atoms with Crippen LogP contribution >= 0.6 is 11.3 Å². The maximum atomic E-state index is 12.7. The molecule has 0 spiro atoms. The Morgan fingerprint density at radius 2 is 2.00 bits per heavy atom. The first-order chi connectivity index (χ1) is 10.1. The van der Waals surface area contributed by atoms with Gasteiger partial charge in [-0.05, 0) is 43.6 Å². The van der Waals surface area contributed by atoms with Gasteiger partial charge in [0.05, 0.1) is 11.5 Å². The molecule has 0 bridgehead atoms. The van der Waals surface area contributed by atoms with Crippen LogP contribution in [0.2, 0.25) is 0 Å². The molecule has 1 atom stereocenters. The molecule has 5 heteroatoms. The van der Waals surface area contributed by atoms with Gasteiger partial charge < -0.3 is 10.0 Å². The number of nitrogens with zero attached hydrogens (tertiary/aromatic N) is 1. The molecule has 21 heavy (non-hydrogen) atoms. The van der Waals surface area contributed by atoms with E-state index in [1.165, 1.54) is 10.4 Å². The van der Waals surface area contributed by atoms with E-state index in [4.69, 9.17) is 5.11 Å². The van der Waals surface area contributed by atoms with Crippen molar-refractivity contribution in [1.29, 1.82) is 0 Å². The highest BCUT2D eigenvalue weighted by atomic mass is 32.1. The van der Waals surface area contributed by atoms with E-state index in [0.29, 0.717) is 31.8 Å². The van der Waals surface area contributed by atoms with E-state index < -0.39 is 5.97 Å². The van der Waals surface area contributed by atoms with Gasteiger partial charge in [0.15, 0.2) is 0 Å². The van der Waals surface area contributed by atoms with E-state index >= 15 is 0 Å². The number of aliphatic carboxylic acids is 1. The van der Waals surface area contributed by atoms with E-state index in [0.717, 1.165) is 24.8 Å². The molecule has 1 aromatic heterocycles. The third kappa shape index (κ3) is 2.84. The van der Waals surface area contributed by atoms with Crippen LogP contribution in [0.15, 0.2) is 5.38 Å². The number of carbonyl (C=O) groups excluding carboxylic acids is 1. The summed E-state index contributed by atoms with van der Waals surface area (Å²) in [6.45, 7) is 3.40. The van der Waals surface area contributed by atoms with Crippen LogP contribution in [-0.4, -0.2) is 35.0 Å². The third-order valence-electron chi connectivity index (χ3n) is 4.76. The summed E-state index contributed by atoms with van der Waals surface area (Å²) in [4.78, 5) is 26.9. The van der Waals surface area contributed by atoms with E-state index in [-0.39, 0.29) is 11.8 Å². The first kappa shape index (κ1) is 14.6. The van der Waals surface area contributed by atoms with Crippen molar-refractivity contribution in [3.8, 4) is 0 Å². The summed E-state index contributed by atoms with van der Waals surface area (Å²) in [7, 11) is 0. The summed E-state index contributed by atoms with van der Waals surface area (Å²) in [5, 5.41) is 11.0. The van der Waals surface area contributed by atoms with Crippen molar-refractivity contribution in [1.82, 2.24) is 4.90 Å². The number of piperidine rings is 1. The van der Waals surface area contributed by atoms with Gasteiger partial charge in [-0.25, -0.2) is 0 Å². The summed E-state index contributed by atoms with van der Waals surface area (Å²) in [5.74, 6) is -0.202. The summed E-state index contributed by atoms with van der Waals surface area (Å²) in [6, 6.07) is 0. The predicted molar refractivity (Wildman–Crippen MR) is 81.8 cm³/mol. The van der Waals surface area contributed by atoms with Gasteiger partial charge in [0, 0.05) is 23.3 Å². The van der Waals surface area contributed by atoms with Crippen LogP contribution in [0.1, 0.15) is 47.0 Å². The van der Waals surface area contributed by atoms with Crippen molar-refractivity contribution in [3.05, 3.63) is 21.4 Å². The molecule has 2 aliphatic rings. The minimum Gasteiger partial charge on any atom is -0.481 e. The largest absolute Gasteiger partial charge is 0.481 e. The second kappa shape index (κ2) is 5.79. The highest BCUT2D eigenvalue weighted by Gasteiger charge is 2.30. The summed E-state index contributed by atoms with van der Waals surface area (Å²) < 4.78 is 0. The molecular weight excluding hydrogens is 286 g/mol. The third-order valence-corrected chi connectivity index (χ3v) is 5.81.